The van der Waals surface area contributed by atoms with Crippen molar-refractivity contribution in [1.82, 2.24) is 10.2 Å². The minimum absolute atomic E-state index is 0.0606. The first-order valence-electron chi connectivity index (χ1n) is 8.26. The van der Waals surface area contributed by atoms with E-state index in [0.717, 1.165) is 5.46 Å². The zero-order valence-electron chi connectivity index (χ0n) is 14.9. The summed E-state index contributed by atoms with van der Waals surface area (Å²) in [5.74, 6) is -0.254. The van der Waals surface area contributed by atoms with Crippen molar-refractivity contribution in [3.63, 3.8) is 0 Å². The molecule has 0 aromatic heterocycles. The van der Waals surface area contributed by atoms with Crippen molar-refractivity contribution in [2.24, 2.45) is 0 Å². The molecule has 0 radical (unpaired) electrons. The van der Waals surface area contributed by atoms with E-state index in [9.17, 15) is 9.59 Å². The minimum Gasteiger partial charge on any atom is -0.399 e. The van der Waals surface area contributed by atoms with E-state index in [4.69, 9.17) is 14.7 Å². The Morgan fingerprint density at radius 3 is 2.20 bits per heavy atom. The third-order valence-electron chi connectivity index (χ3n) is 5.03. The highest BCUT2D eigenvalue weighted by molar-refractivity contribution is 6.62. The maximum atomic E-state index is 11.9. The fourth-order valence-corrected chi connectivity index (χ4v) is 2.71. The van der Waals surface area contributed by atoms with Crippen LogP contribution in [0.5, 0.6) is 0 Å². The summed E-state index contributed by atoms with van der Waals surface area (Å²) in [6.07, 6.45) is 0.195. The number of imide groups is 1. The van der Waals surface area contributed by atoms with E-state index >= 15 is 0 Å². The van der Waals surface area contributed by atoms with Crippen LogP contribution in [-0.4, -0.2) is 47.5 Å². The molecule has 3 rings (SSSR count). The molecule has 2 fully saturated rings. The Morgan fingerprint density at radius 1 is 1.12 bits per heavy atom. The molecule has 3 amide bonds. The molecule has 25 heavy (non-hydrogen) atoms. The van der Waals surface area contributed by atoms with Gasteiger partial charge >= 0.3 is 13.1 Å². The number of amides is 3. The SMILES string of the molecule is CC1(C)OB(c2ccc(C(=N)N3CCC(=O)NC3=O)cc2)OC1(C)C. The van der Waals surface area contributed by atoms with Gasteiger partial charge in [0.1, 0.15) is 5.84 Å². The molecule has 0 saturated carbocycles. The zero-order chi connectivity index (χ0) is 18.4. The maximum absolute atomic E-state index is 11.9. The fraction of sp³-hybridized carbons (Fsp3) is 0.471. The van der Waals surface area contributed by atoms with Crippen molar-refractivity contribution in [1.29, 1.82) is 5.41 Å². The van der Waals surface area contributed by atoms with Crippen LogP contribution in [0.2, 0.25) is 0 Å². The van der Waals surface area contributed by atoms with Crippen LogP contribution in [0, 0.1) is 5.41 Å². The summed E-state index contributed by atoms with van der Waals surface area (Å²) in [4.78, 5) is 24.3. The predicted molar refractivity (Wildman–Crippen MR) is 93.8 cm³/mol. The molecular weight excluding hydrogens is 321 g/mol. The van der Waals surface area contributed by atoms with Gasteiger partial charge in [0.05, 0.1) is 11.2 Å². The van der Waals surface area contributed by atoms with Crippen LogP contribution >= 0.6 is 0 Å². The third-order valence-corrected chi connectivity index (χ3v) is 5.03. The van der Waals surface area contributed by atoms with Crippen LogP contribution in [0.15, 0.2) is 24.3 Å². The van der Waals surface area contributed by atoms with E-state index in [2.05, 4.69) is 5.32 Å². The first kappa shape index (κ1) is 17.6. The van der Waals surface area contributed by atoms with E-state index in [0.29, 0.717) is 5.56 Å². The average molecular weight is 343 g/mol. The molecule has 2 heterocycles. The number of nitrogens with one attached hydrogen (secondary N) is 2. The van der Waals surface area contributed by atoms with Crippen LogP contribution in [0.3, 0.4) is 0 Å². The van der Waals surface area contributed by atoms with E-state index in [1.54, 1.807) is 12.1 Å². The lowest BCUT2D eigenvalue weighted by molar-refractivity contribution is -0.121. The number of amidine groups is 1. The van der Waals surface area contributed by atoms with Gasteiger partial charge in [-0.05, 0) is 33.2 Å². The lowest BCUT2D eigenvalue weighted by Gasteiger charge is -2.32. The first-order valence-corrected chi connectivity index (χ1v) is 8.26. The Morgan fingerprint density at radius 2 is 1.68 bits per heavy atom. The standard InChI is InChI=1S/C17H22BN3O4/c1-16(2)17(3,4)25-18(24-16)12-7-5-11(6-8-12)14(19)21-10-9-13(22)20-15(21)23/h5-8,19H,9-10H2,1-4H3,(H,20,22,23). The highest BCUT2D eigenvalue weighted by atomic mass is 16.7. The third kappa shape index (κ3) is 3.19. The van der Waals surface area contributed by atoms with Crippen LogP contribution in [0.4, 0.5) is 4.79 Å². The number of rotatable bonds is 2. The molecule has 0 atom stereocenters. The summed E-state index contributed by atoms with van der Waals surface area (Å²) in [5, 5.41) is 10.4. The second-order valence-electron chi connectivity index (χ2n) is 7.31. The van der Waals surface area contributed by atoms with Crippen molar-refractivity contribution in [2.75, 3.05) is 6.54 Å². The number of carbonyl (C=O) groups is 2. The average Bonchev–Trinajstić information content (AvgIpc) is 2.75. The van der Waals surface area contributed by atoms with E-state index in [-0.39, 0.29) is 24.7 Å². The highest BCUT2D eigenvalue weighted by Crippen LogP contribution is 2.36. The Kier molecular flexibility index (Phi) is 4.21. The second kappa shape index (κ2) is 5.96. The van der Waals surface area contributed by atoms with Gasteiger partial charge in [-0.1, -0.05) is 24.3 Å². The molecule has 0 aliphatic carbocycles. The lowest BCUT2D eigenvalue weighted by Crippen LogP contribution is -2.51. The molecular formula is C17H22BN3O4. The van der Waals surface area contributed by atoms with Gasteiger partial charge in [-0.15, -0.1) is 0 Å². The number of urea groups is 1. The quantitative estimate of drug-likeness (QED) is 0.480. The normalized spacial score (nSPS) is 22.1. The number of hydrogen-bond donors (Lipinski definition) is 2. The van der Waals surface area contributed by atoms with Gasteiger partial charge in [0.25, 0.3) is 0 Å². The van der Waals surface area contributed by atoms with E-state index in [1.165, 1.54) is 4.90 Å². The van der Waals surface area contributed by atoms with Crippen molar-refractivity contribution in [3.8, 4) is 0 Å². The summed E-state index contributed by atoms with van der Waals surface area (Å²) in [6.45, 7) is 8.18. The number of carbonyl (C=O) groups excluding carboxylic acids is 2. The van der Waals surface area contributed by atoms with Gasteiger partial charge in [0.15, 0.2) is 0 Å². The molecule has 132 valence electrons. The monoisotopic (exact) mass is 343 g/mol. The smallest absolute Gasteiger partial charge is 0.399 e. The summed E-state index contributed by atoms with van der Waals surface area (Å²) in [5.41, 5.74) is 0.612. The van der Waals surface area contributed by atoms with E-state index in [1.807, 2.05) is 39.8 Å². The Balaban J connectivity index is 1.74. The van der Waals surface area contributed by atoms with Gasteiger partial charge in [0, 0.05) is 18.5 Å². The Labute approximate surface area is 147 Å². The second-order valence-corrected chi connectivity index (χ2v) is 7.31. The number of hydrogen-bond acceptors (Lipinski definition) is 5. The molecule has 0 unspecified atom stereocenters. The van der Waals surface area contributed by atoms with Crippen molar-refractivity contribution < 1.29 is 18.9 Å². The fourth-order valence-electron chi connectivity index (χ4n) is 2.71. The Hall–Kier alpha value is -2.19. The van der Waals surface area contributed by atoms with E-state index < -0.39 is 24.4 Å². The van der Waals surface area contributed by atoms with Crippen LogP contribution in [-0.2, 0) is 14.1 Å². The van der Waals surface area contributed by atoms with Crippen LogP contribution < -0.4 is 10.8 Å². The molecule has 2 aliphatic rings. The van der Waals surface area contributed by atoms with Crippen molar-refractivity contribution in [2.45, 2.75) is 45.3 Å². The molecule has 7 nitrogen and oxygen atoms in total. The topological polar surface area (TPSA) is 91.7 Å². The summed E-state index contributed by atoms with van der Waals surface area (Å²) in [7, 11) is -0.468. The molecule has 1 aromatic rings. The molecule has 8 heteroatoms. The molecule has 1 aromatic carbocycles. The number of nitrogens with zero attached hydrogens (tertiary/aromatic N) is 1. The Bertz CT molecular complexity index is 714. The van der Waals surface area contributed by atoms with Crippen LogP contribution in [0.1, 0.15) is 39.7 Å². The molecule has 2 N–H and O–H groups in total. The van der Waals surface area contributed by atoms with Crippen molar-refractivity contribution in [3.05, 3.63) is 29.8 Å². The zero-order valence-corrected chi connectivity index (χ0v) is 14.9. The summed E-state index contributed by atoms with van der Waals surface area (Å²) >= 11 is 0. The van der Waals surface area contributed by atoms with Gasteiger partial charge in [-0.2, -0.15) is 0 Å². The molecule has 0 bridgehead atoms. The molecule has 2 aliphatic heterocycles. The van der Waals surface area contributed by atoms with Crippen molar-refractivity contribution >= 4 is 30.4 Å². The molecule has 2 saturated heterocycles. The van der Waals surface area contributed by atoms with Gasteiger partial charge in [-0.3, -0.25) is 20.4 Å². The lowest BCUT2D eigenvalue weighted by atomic mass is 9.79. The summed E-state index contributed by atoms with van der Waals surface area (Å²) < 4.78 is 12.0. The van der Waals surface area contributed by atoms with Gasteiger partial charge in [0.2, 0.25) is 5.91 Å². The molecule has 0 spiro atoms. The highest BCUT2D eigenvalue weighted by Gasteiger charge is 2.51. The predicted octanol–water partition coefficient (Wildman–Crippen LogP) is 1.25. The largest absolute Gasteiger partial charge is 0.494 e. The summed E-state index contributed by atoms with van der Waals surface area (Å²) in [6, 6.07) is 6.62. The maximum Gasteiger partial charge on any atom is 0.494 e. The number of benzene rings is 1. The van der Waals surface area contributed by atoms with Gasteiger partial charge < -0.3 is 9.31 Å². The first-order chi connectivity index (χ1) is 11.6. The van der Waals surface area contributed by atoms with Crippen LogP contribution in [0.25, 0.3) is 0 Å². The van der Waals surface area contributed by atoms with Gasteiger partial charge in [-0.25, -0.2) is 4.79 Å². The minimum atomic E-state index is -0.559.